The lowest BCUT2D eigenvalue weighted by Crippen LogP contribution is -2.23. The molecule has 0 saturated carbocycles. The van der Waals surface area contributed by atoms with Crippen molar-refractivity contribution in [2.24, 2.45) is 0 Å². The highest BCUT2D eigenvalue weighted by Gasteiger charge is 2.32. The molecule has 0 aliphatic heterocycles. The van der Waals surface area contributed by atoms with Crippen LogP contribution < -0.4 is 21.2 Å². The maximum atomic E-state index is 5.00. The lowest BCUT2D eigenvalue weighted by Gasteiger charge is -2.35. The zero-order chi connectivity index (χ0) is 18.5. The molecule has 0 heterocycles. The van der Waals surface area contributed by atoms with Gasteiger partial charge in [-0.2, -0.15) is 0 Å². The van der Waals surface area contributed by atoms with E-state index in [0.29, 0.717) is 0 Å². The summed E-state index contributed by atoms with van der Waals surface area (Å²) < 4.78 is 0. The molecule has 0 aromatic heterocycles. The van der Waals surface area contributed by atoms with Crippen molar-refractivity contribution in [2.45, 2.75) is 0 Å². The Balaban J connectivity index is 2.03. The second-order valence-corrected chi connectivity index (χ2v) is 13.9. The summed E-state index contributed by atoms with van der Waals surface area (Å²) in [5.41, 5.74) is 0. The Hall–Kier alpha value is -2.39. The van der Waals surface area contributed by atoms with Crippen molar-refractivity contribution < 1.29 is 0 Å². The van der Waals surface area contributed by atoms with Gasteiger partial charge in [-0.25, -0.2) is 0 Å². The Morgan fingerprint density at radius 1 is 0.444 bits per heavy atom. The van der Waals surface area contributed by atoms with Gasteiger partial charge in [-0.3, -0.25) is 0 Å². The average Bonchev–Trinajstić information content (AvgIpc) is 2.76. The van der Waals surface area contributed by atoms with Gasteiger partial charge in [0.2, 0.25) is 0 Å². The van der Waals surface area contributed by atoms with Gasteiger partial charge in [0.05, 0.1) is 0 Å². The molecule has 0 spiro atoms. The van der Waals surface area contributed by atoms with E-state index in [9.17, 15) is 0 Å². The van der Waals surface area contributed by atoms with Gasteiger partial charge < -0.3 is 0 Å². The normalized spacial score (nSPS) is 11.4. The summed E-state index contributed by atoms with van der Waals surface area (Å²) in [5, 5.41) is 5.48. The van der Waals surface area contributed by atoms with E-state index in [1.165, 1.54) is 21.2 Å². The molecule has 0 bridgehead atoms. The summed E-state index contributed by atoms with van der Waals surface area (Å²) in [4.78, 5) is 0. The van der Waals surface area contributed by atoms with Gasteiger partial charge in [0, 0.05) is 0 Å². The molecular formula is C25H22P2. The van der Waals surface area contributed by atoms with E-state index in [0.717, 1.165) is 0 Å². The molecular weight excluding hydrogens is 362 g/mol. The van der Waals surface area contributed by atoms with Crippen LogP contribution in [0.5, 0.6) is 0 Å². The molecule has 4 aromatic carbocycles. The molecule has 4 aromatic rings. The quantitative estimate of drug-likeness (QED) is 0.418. The third kappa shape index (κ3) is 3.57. The Morgan fingerprint density at radius 2 is 0.741 bits per heavy atom. The van der Waals surface area contributed by atoms with E-state index >= 15 is 0 Å². The molecule has 0 radical (unpaired) electrons. The summed E-state index contributed by atoms with van der Waals surface area (Å²) in [6.45, 7) is -1.91. The van der Waals surface area contributed by atoms with E-state index in [1.807, 2.05) is 0 Å². The summed E-state index contributed by atoms with van der Waals surface area (Å²) in [6.07, 6.45) is 5.00. The minimum atomic E-state index is -1.91. The summed E-state index contributed by atoms with van der Waals surface area (Å²) in [5.74, 6) is 0. The summed E-state index contributed by atoms with van der Waals surface area (Å²) in [7, 11) is -0.649. The molecule has 2 heteroatoms. The van der Waals surface area contributed by atoms with Crippen LogP contribution in [0.15, 0.2) is 121 Å². The summed E-state index contributed by atoms with van der Waals surface area (Å²) in [6, 6.07) is 43.6. The van der Waals surface area contributed by atoms with Crippen LogP contribution in [0.25, 0.3) is 0 Å². The largest absolute Gasteiger partial charge is 0.0883 e. The van der Waals surface area contributed by atoms with Crippen LogP contribution in [0.2, 0.25) is 0 Å². The lowest BCUT2D eigenvalue weighted by atomic mass is 10.4. The Kier molecular flexibility index (Phi) is 5.40. The zero-order valence-corrected chi connectivity index (χ0v) is 16.9. The fourth-order valence-electron chi connectivity index (χ4n) is 3.41. The van der Waals surface area contributed by atoms with E-state index in [1.54, 1.807) is 0 Å². The average molecular weight is 384 g/mol. The third-order valence-corrected chi connectivity index (χ3v) is 14.1. The van der Waals surface area contributed by atoms with Crippen molar-refractivity contribution >= 4 is 41.7 Å². The minimum absolute atomic E-state index is 0.649. The van der Waals surface area contributed by atoms with Crippen molar-refractivity contribution in [3.05, 3.63) is 121 Å². The van der Waals surface area contributed by atoms with Crippen molar-refractivity contribution in [1.82, 2.24) is 0 Å². The molecule has 0 amide bonds. The molecule has 0 nitrogen and oxygen atoms in total. The van der Waals surface area contributed by atoms with Crippen LogP contribution in [0, 0.1) is 0 Å². The van der Waals surface area contributed by atoms with E-state index < -0.39 is 14.2 Å². The number of benzene rings is 4. The molecule has 4 rings (SSSR count). The predicted octanol–water partition coefficient (Wildman–Crippen LogP) is 5.13. The van der Waals surface area contributed by atoms with Crippen molar-refractivity contribution in [3.63, 3.8) is 0 Å². The van der Waals surface area contributed by atoms with Crippen LogP contribution >= 0.6 is 14.2 Å². The Labute approximate surface area is 163 Å². The first-order valence-electron chi connectivity index (χ1n) is 9.05. The van der Waals surface area contributed by atoms with Crippen LogP contribution in [-0.2, 0) is 0 Å². The summed E-state index contributed by atoms with van der Waals surface area (Å²) >= 11 is 0. The first-order chi connectivity index (χ1) is 13.3. The first kappa shape index (κ1) is 18.0. The highest BCUT2D eigenvalue weighted by atomic mass is 32.1. The molecule has 0 saturated heterocycles. The fourth-order valence-corrected chi connectivity index (χ4v) is 12.8. The standard InChI is InChI=1S/C25H22P2/c1-27(24-18-10-4-11-19-24,25-20-12-5-13-21-25)26(22-14-6-2-7-15-22)23-16-8-3-9-17-23/h2-21H,1H2. The smallest absolute Gasteiger partial charge is 0.0116 e. The molecule has 27 heavy (non-hydrogen) atoms. The SMILES string of the molecule is C=P(c1ccccc1)(c1ccccc1)P(c1ccccc1)c1ccccc1. The highest BCUT2D eigenvalue weighted by Crippen LogP contribution is 2.71. The van der Waals surface area contributed by atoms with Crippen LogP contribution in [0.3, 0.4) is 0 Å². The van der Waals surface area contributed by atoms with Gasteiger partial charge in [-0.05, 0) is 35.4 Å². The molecule has 0 aliphatic carbocycles. The second-order valence-electron chi connectivity index (χ2n) is 6.42. The molecule has 0 N–H and O–H groups in total. The molecule has 0 unspecified atom stereocenters. The van der Waals surface area contributed by atoms with Crippen molar-refractivity contribution in [3.8, 4) is 0 Å². The fraction of sp³-hybridized carbons (Fsp3) is 0. The maximum absolute atomic E-state index is 5.00. The Morgan fingerprint density at radius 3 is 1.07 bits per heavy atom. The van der Waals surface area contributed by atoms with Crippen LogP contribution in [0.4, 0.5) is 0 Å². The monoisotopic (exact) mass is 384 g/mol. The lowest BCUT2D eigenvalue weighted by molar-refractivity contribution is 1.75. The minimum Gasteiger partial charge on any atom is -0.0883 e. The van der Waals surface area contributed by atoms with Gasteiger partial charge in [0.1, 0.15) is 0 Å². The Bertz CT molecular complexity index is 944. The number of hydrogen-bond donors (Lipinski definition) is 0. The third-order valence-electron chi connectivity index (χ3n) is 4.71. The number of hydrogen-bond acceptors (Lipinski definition) is 0. The predicted molar refractivity (Wildman–Crippen MR) is 125 cm³/mol. The topological polar surface area (TPSA) is 0 Å². The van der Waals surface area contributed by atoms with Crippen LogP contribution in [0.1, 0.15) is 0 Å². The van der Waals surface area contributed by atoms with E-state index in [-0.39, 0.29) is 0 Å². The van der Waals surface area contributed by atoms with Gasteiger partial charge in [-0.15, -0.1) is 0 Å². The van der Waals surface area contributed by atoms with E-state index in [4.69, 9.17) is 6.30 Å². The number of rotatable bonds is 5. The van der Waals surface area contributed by atoms with Crippen molar-refractivity contribution in [1.29, 1.82) is 0 Å². The second kappa shape index (κ2) is 8.10. The van der Waals surface area contributed by atoms with Gasteiger partial charge in [-0.1, -0.05) is 128 Å². The van der Waals surface area contributed by atoms with Crippen molar-refractivity contribution in [2.75, 3.05) is 0 Å². The van der Waals surface area contributed by atoms with E-state index in [2.05, 4.69) is 121 Å². The molecule has 132 valence electrons. The maximum Gasteiger partial charge on any atom is -0.0116 e. The molecule has 0 atom stereocenters. The molecule has 0 aliphatic rings. The molecule has 0 fully saturated rings. The zero-order valence-electron chi connectivity index (χ0n) is 15.1. The highest BCUT2D eigenvalue weighted by molar-refractivity contribution is 8.48. The van der Waals surface area contributed by atoms with Gasteiger partial charge >= 0.3 is 0 Å². The van der Waals surface area contributed by atoms with Gasteiger partial charge in [0.15, 0.2) is 0 Å². The van der Waals surface area contributed by atoms with Gasteiger partial charge in [0.25, 0.3) is 0 Å². The first-order valence-corrected chi connectivity index (χ1v) is 13.1. The van der Waals surface area contributed by atoms with Crippen LogP contribution in [-0.4, -0.2) is 6.30 Å².